The molecule has 2 atom stereocenters. The normalized spacial score (nSPS) is 32.5. The van der Waals surface area contributed by atoms with Crippen molar-refractivity contribution < 1.29 is 4.74 Å². The first-order valence-corrected chi connectivity index (χ1v) is 8.66. The van der Waals surface area contributed by atoms with E-state index in [0.717, 1.165) is 25.1 Å². The van der Waals surface area contributed by atoms with E-state index in [1.54, 1.807) is 0 Å². The maximum atomic E-state index is 6.22. The molecule has 4 rings (SSSR count). The molecule has 21 heavy (non-hydrogen) atoms. The van der Waals surface area contributed by atoms with Crippen LogP contribution in [-0.2, 0) is 11.2 Å². The monoisotopic (exact) mass is 285 g/mol. The van der Waals surface area contributed by atoms with Gasteiger partial charge in [-0.05, 0) is 62.5 Å². The highest BCUT2D eigenvalue weighted by Crippen LogP contribution is 2.49. The van der Waals surface area contributed by atoms with Gasteiger partial charge in [0.25, 0.3) is 0 Å². The van der Waals surface area contributed by atoms with E-state index >= 15 is 0 Å². The van der Waals surface area contributed by atoms with Crippen LogP contribution in [0.5, 0.6) is 0 Å². The molecule has 114 valence electrons. The van der Waals surface area contributed by atoms with Crippen molar-refractivity contribution in [2.24, 2.45) is 11.3 Å². The minimum absolute atomic E-state index is 0.329. The maximum Gasteiger partial charge on any atom is 0.0675 e. The molecule has 2 aliphatic carbocycles. The fourth-order valence-electron chi connectivity index (χ4n) is 4.01. The van der Waals surface area contributed by atoms with Gasteiger partial charge in [0.1, 0.15) is 0 Å². The van der Waals surface area contributed by atoms with E-state index in [2.05, 4.69) is 36.5 Å². The van der Waals surface area contributed by atoms with Crippen LogP contribution in [0.4, 0.5) is 0 Å². The first kappa shape index (κ1) is 13.8. The molecular weight excluding hydrogens is 258 g/mol. The minimum atomic E-state index is 0.329. The van der Waals surface area contributed by atoms with E-state index in [0.29, 0.717) is 11.5 Å². The van der Waals surface area contributed by atoms with Crippen molar-refractivity contribution in [2.75, 3.05) is 13.2 Å². The molecule has 0 spiro atoms. The van der Waals surface area contributed by atoms with Gasteiger partial charge in [-0.1, -0.05) is 24.3 Å². The number of hydrogen-bond acceptors (Lipinski definition) is 2. The molecule has 2 saturated carbocycles. The highest BCUT2D eigenvalue weighted by molar-refractivity contribution is 5.28. The number of ether oxygens (including phenoxy) is 1. The van der Waals surface area contributed by atoms with Crippen LogP contribution in [0.25, 0.3) is 0 Å². The molecule has 3 aliphatic rings. The Morgan fingerprint density at radius 2 is 2.00 bits per heavy atom. The van der Waals surface area contributed by atoms with Gasteiger partial charge >= 0.3 is 0 Å². The van der Waals surface area contributed by atoms with Gasteiger partial charge in [0.05, 0.1) is 6.10 Å². The smallest absolute Gasteiger partial charge is 0.0675 e. The summed E-state index contributed by atoms with van der Waals surface area (Å²) in [6.45, 7) is 4.35. The average Bonchev–Trinajstić information content (AvgIpc) is 3.40. The van der Waals surface area contributed by atoms with Gasteiger partial charge in [0, 0.05) is 24.6 Å². The first-order valence-electron chi connectivity index (χ1n) is 8.66. The number of rotatable bonds is 6. The summed E-state index contributed by atoms with van der Waals surface area (Å²) in [5.74, 6) is 0.831. The summed E-state index contributed by atoms with van der Waals surface area (Å²) >= 11 is 0. The van der Waals surface area contributed by atoms with Crippen molar-refractivity contribution in [3.8, 4) is 0 Å². The third-order valence-electron chi connectivity index (χ3n) is 5.67. The Morgan fingerprint density at radius 1 is 1.19 bits per heavy atom. The summed E-state index contributed by atoms with van der Waals surface area (Å²) in [4.78, 5) is 0. The SMILES string of the molecule is Cc1ccccc1CC1(CNC2CC2)CCOC1C1CC1. The molecule has 2 unspecified atom stereocenters. The Balaban J connectivity index is 1.57. The second kappa shape index (κ2) is 5.40. The molecule has 0 amide bonds. The van der Waals surface area contributed by atoms with Crippen LogP contribution in [0, 0.1) is 18.3 Å². The molecule has 1 saturated heterocycles. The first-order chi connectivity index (χ1) is 10.3. The lowest BCUT2D eigenvalue weighted by Gasteiger charge is -2.35. The van der Waals surface area contributed by atoms with E-state index in [4.69, 9.17) is 4.74 Å². The zero-order chi connectivity index (χ0) is 14.3. The summed E-state index contributed by atoms with van der Waals surface area (Å²) < 4.78 is 6.22. The van der Waals surface area contributed by atoms with Gasteiger partial charge in [-0.15, -0.1) is 0 Å². The van der Waals surface area contributed by atoms with Crippen molar-refractivity contribution >= 4 is 0 Å². The van der Waals surface area contributed by atoms with Crippen LogP contribution in [0.2, 0.25) is 0 Å². The van der Waals surface area contributed by atoms with Crippen LogP contribution in [0.1, 0.15) is 43.2 Å². The van der Waals surface area contributed by atoms with Gasteiger partial charge in [0.15, 0.2) is 0 Å². The Labute approximate surface area is 128 Å². The van der Waals surface area contributed by atoms with Crippen LogP contribution >= 0.6 is 0 Å². The molecule has 1 aromatic rings. The zero-order valence-corrected chi connectivity index (χ0v) is 13.1. The molecule has 1 heterocycles. The van der Waals surface area contributed by atoms with Crippen LogP contribution < -0.4 is 5.32 Å². The largest absolute Gasteiger partial charge is 0.377 e. The second-order valence-electron chi connectivity index (χ2n) is 7.50. The maximum absolute atomic E-state index is 6.22. The van der Waals surface area contributed by atoms with Crippen molar-refractivity contribution in [1.82, 2.24) is 5.32 Å². The highest BCUT2D eigenvalue weighted by atomic mass is 16.5. The lowest BCUT2D eigenvalue weighted by Crippen LogP contribution is -2.44. The summed E-state index contributed by atoms with van der Waals surface area (Å²) in [6, 6.07) is 9.69. The Kier molecular flexibility index (Phi) is 3.55. The van der Waals surface area contributed by atoms with E-state index in [1.165, 1.54) is 49.7 Å². The molecule has 3 fully saturated rings. The summed E-state index contributed by atoms with van der Waals surface area (Å²) in [5, 5.41) is 3.81. The molecule has 0 bridgehead atoms. The summed E-state index contributed by atoms with van der Waals surface area (Å²) in [6.07, 6.45) is 8.39. The zero-order valence-electron chi connectivity index (χ0n) is 13.1. The molecule has 0 aromatic heterocycles. The van der Waals surface area contributed by atoms with E-state index in [1.807, 2.05) is 0 Å². The number of hydrogen-bond donors (Lipinski definition) is 1. The van der Waals surface area contributed by atoms with Crippen LogP contribution in [-0.4, -0.2) is 25.3 Å². The van der Waals surface area contributed by atoms with Crippen molar-refractivity contribution in [1.29, 1.82) is 0 Å². The fourth-order valence-corrected chi connectivity index (χ4v) is 4.01. The Bertz CT molecular complexity index is 506. The molecular formula is C19H27NO. The van der Waals surface area contributed by atoms with Gasteiger partial charge in [0.2, 0.25) is 0 Å². The standard InChI is InChI=1S/C19H27NO/c1-14-4-2-3-5-16(14)12-19(13-20-17-8-9-17)10-11-21-18(19)15-6-7-15/h2-5,15,17-18,20H,6-13H2,1H3. The lowest BCUT2D eigenvalue weighted by molar-refractivity contribution is 0.0304. The second-order valence-corrected chi connectivity index (χ2v) is 7.50. The van der Waals surface area contributed by atoms with Crippen LogP contribution in [0.15, 0.2) is 24.3 Å². The predicted octanol–water partition coefficient (Wildman–Crippen LogP) is 3.47. The van der Waals surface area contributed by atoms with Gasteiger partial charge in [-0.25, -0.2) is 0 Å². The third-order valence-corrected chi connectivity index (χ3v) is 5.67. The van der Waals surface area contributed by atoms with E-state index < -0.39 is 0 Å². The molecule has 1 N–H and O–H groups in total. The van der Waals surface area contributed by atoms with E-state index in [-0.39, 0.29) is 0 Å². The third kappa shape index (κ3) is 2.89. The highest BCUT2D eigenvalue weighted by Gasteiger charge is 2.51. The molecule has 2 heteroatoms. The van der Waals surface area contributed by atoms with Crippen LogP contribution in [0.3, 0.4) is 0 Å². The molecule has 2 nitrogen and oxygen atoms in total. The lowest BCUT2D eigenvalue weighted by atomic mass is 9.73. The van der Waals surface area contributed by atoms with E-state index in [9.17, 15) is 0 Å². The topological polar surface area (TPSA) is 21.3 Å². The number of nitrogens with one attached hydrogen (secondary N) is 1. The molecule has 1 aliphatic heterocycles. The predicted molar refractivity (Wildman–Crippen MR) is 85.4 cm³/mol. The minimum Gasteiger partial charge on any atom is -0.377 e. The number of aryl methyl sites for hydroxylation is 1. The number of benzene rings is 1. The van der Waals surface area contributed by atoms with Crippen molar-refractivity contribution in [3.63, 3.8) is 0 Å². The van der Waals surface area contributed by atoms with Gasteiger partial charge in [-0.3, -0.25) is 0 Å². The van der Waals surface area contributed by atoms with Gasteiger partial charge < -0.3 is 10.1 Å². The van der Waals surface area contributed by atoms with Crippen molar-refractivity contribution in [2.45, 2.75) is 57.6 Å². The molecule has 0 radical (unpaired) electrons. The quantitative estimate of drug-likeness (QED) is 0.864. The summed E-state index contributed by atoms with van der Waals surface area (Å²) in [5.41, 5.74) is 3.28. The van der Waals surface area contributed by atoms with Gasteiger partial charge in [-0.2, -0.15) is 0 Å². The Hall–Kier alpha value is -0.860. The average molecular weight is 285 g/mol. The molecule has 1 aromatic carbocycles. The summed E-state index contributed by atoms with van der Waals surface area (Å²) in [7, 11) is 0. The Morgan fingerprint density at radius 3 is 2.71 bits per heavy atom. The fraction of sp³-hybridized carbons (Fsp3) is 0.684. The van der Waals surface area contributed by atoms with Crippen molar-refractivity contribution in [3.05, 3.63) is 35.4 Å².